The van der Waals surface area contributed by atoms with Crippen molar-refractivity contribution in [1.29, 1.82) is 0 Å². The van der Waals surface area contributed by atoms with Gasteiger partial charge in [-0.05, 0) is 69.3 Å². The zero-order valence-corrected chi connectivity index (χ0v) is 20.0. The summed E-state index contributed by atoms with van der Waals surface area (Å²) < 4.78 is 31.0. The van der Waals surface area contributed by atoms with Gasteiger partial charge in [0, 0.05) is 29.2 Å². The van der Waals surface area contributed by atoms with E-state index >= 15 is 0 Å². The summed E-state index contributed by atoms with van der Waals surface area (Å²) in [5.41, 5.74) is 2.33. The maximum absolute atomic E-state index is 12.9. The molecule has 0 unspecified atom stereocenters. The number of aryl methyl sites for hydroxylation is 1. The SMILES string of the molecule is COc1cc(Nc2nc(Nc3ccc(S(=O)(=O)C4CCNCC4)cc3)ncc2C)ccc1Cl. The second kappa shape index (κ2) is 9.94. The van der Waals surface area contributed by atoms with Crippen molar-refractivity contribution in [3.8, 4) is 5.75 Å². The third-order valence-corrected chi connectivity index (χ3v) is 8.14. The molecule has 4 rings (SSSR count). The molecule has 0 saturated carbocycles. The molecule has 1 aromatic heterocycles. The molecule has 1 aliphatic rings. The van der Waals surface area contributed by atoms with E-state index in [-0.39, 0.29) is 5.25 Å². The molecule has 3 N–H and O–H groups in total. The number of piperidine rings is 1. The highest BCUT2D eigenvalue weighted by Crippen LogP contribution is 2.30. The Labute approximate surface area is 198 Å². The first-order valence-corrected chi connectivity index (χ1v) is 12.5. The Morgan fingerprint density at radius 1 is 1.06 bits per heavy atom. The van der Waals surface area contributed by atoms with E-state index in [1.165, 1.54) is 0 Å². The Hall–Kier alpha value is -2.88. The molecule has 0 amide bonds. The number of hydrogen-bond acceptors (Lipinski definition) is 8. The number of halogens is 1. The van der Waals surface area contributed by atoms with E-state index in [9.17, 15) is 8.42 Å². The minimum absolute atomic E-state index is 0.335. The van der Waals surface area contributed by atoms with Crippen LogP contribution in [0.15, 0.2) is 53.6 Å². The van der Waals surface area contributed by atoms with Crippen molar-refractivity contribution in [2.24, 2.45) is 0 Å². The smallest absolute Gasteiger partial charge is 0.229 e. The van der Waals surface area contributed by atoms with Gasteiger partial charge in [0.1, 0.15) is 11.6 Å². The van der Waals surface area contributed by atoms with Crippen molar-refractivity contribution < 1.29 is 13.2 Å². The van der Waals surface area contributed by atoms with Crippen LogP contribution in [0.3, 0.4) is 0 Å². The van der Waals surface area contributed by atoms with Crippen LogP contribution in [-0.4, -0.2) is 43.8 Å². The van der Waals surface area contributed by atoms with E-state index < -0.39 is 9.84 Å². The maximum atomic E-state index is 12.9. The van der Waals surface area contributed by atoms with Gasteiger partial charge in [-0.25, -0.2) is 13.4 Å². The molecule has 0 aliphatic carbocycles. The van der Waals surface area contributed by atoms with Crippen LogP contribution in [0.25, 0.3) is 0 Å². The summed E-state index contributed by atoms with van der Waals surface area (Å²) in [6.07, 6.45) is 2.98. The lowest BCUT2D eigenvalue weighted by Gasteiger charge is -2.22. The summed E-state index contributed by atoms with van der Waals surface area (Å²) in [5.74, 6) is 1.58. The Balaban J connectivity index is 1.49. The molecule has 8 nitrogen and oxygen atoms in total. The van der Waals surface area contributed by atoms with Crippen molar-refractivity contribution in [3.63, 3.8) is 0 Å². The van der Waals surface area contributed by atoms with Gasteiger partial charge in [0.2, 0.25) is 5.95 Å². The Morgan fingerprint density at radius 2 is 1.76 bits per heavy atom. The number of anilines is 4. The molecular formula is C23H26ClN5O3S. The van der Waals surface area contributed by atoms with Crippen LogP contribution in [0.2, 0.25) is 5.02 Å². The number of nitrogens with zero attached hydrogens (tertiary/aromatic N) is 2. The van der Waals surface area contributed by atoms with E-state index in [0.717, 1.165) is 24.3 Å². The van der Waals surface area contributed by atoms with E-state index in [2.05, 4.69) is 25.9 Å². The molecule has 174 valence electrons. The van der Waals surface area contributed by atoms with E-state index in [4.69, 9.17) is 16.3 Å². The lowest BCUT2D eigenvalue weighted by Crippen LogP contribution is -2.35. The predicted octanol–water partition coefficient (Wildman–Crippen LogP) is 4.46. The van der Waals surface area contributed by atoms with Gasteiger partial charge < -0.3 is 20.7 Å². The summed E-state index contributed by atoms with van der Waals surface area (Å²) in [6.45, 7) is 3.36. The summed E-state index contributed by atoms with van der Waals surface area (Å²) in [7, 11) is -1.77. The van der Waals surface area contributed by atoms with Crippen molar-refractivity contribution >= 4 is 44.6 Å². The Bertz CT molecular complexity index is 1230. The molecule has 3 aromatic rings. The first-order chi connectivity index (χ1) is 15.9. The van der Waals surface area contributed by atoms with Crippen LogP contribution in [0.1, 0.15) is 18.4 Å². The minimum atomic E-state index is -3.34. The highest BCUT2D eigenvalue weighted by Gasteiger charge is 2.28. The molecule has 0 atom stereocenters. The third-order valence-electron chi connectivity index (χ3n) is 5.55. The second-order valence-corrected chi connectivity index (χ2v) is 10.5. The molecule has 1 aliphatic heterocycles. The minimum Gasteiger partial charge on any atom is -0.495 e. The van der Waals surface area contributed by atoms with Gasteiger partial charge in [-0.1, -0.05) is 11.6 Å². The number of aromatic nitrogens is 2. The summed E-state index contributed by atoms with van der Waals surface area (Å²) in [6, 6.07) is 12.1. The van der Waals surface area contributed by atoms with Gasteiger partial charge in [-0.3, -0.25) is 0 Å². The van der Waals surface area contributed by atoms with Crippen LogP contribution in [0, 0.1) is 6.92 Å². The molecule has 33 heavy (non-hydrogen) atoms. The Morgan fingerprint density at radius 3 is 2.45 bits per heavy atom. The average molecular weight is 488 g/mol. The average Bonchev–Trinajstić information content (AvgIpc) is 2.83. The van der Waals surface area contributed by atoms with E-state index in [1.807, 2.05) is 13.0 Å². The highest BCUT2D eigenvalue weighted by molar-refractivity contribution is 7.92. The van der Waals surface area contributed by atoms with Gasteiger partial charge in [0.25, 0.3) is 0 Å². The fourth-order valence-corrected chi connectivity index (χ4v) is 5.61. The van der Waals surface area contributed by atoms with Crippen molar-refractivity contribution in [3.05, 3.63) is 59.2 Å². The molecule has 0 radical (unpaired) electrons. The maximum Gasteiger partial charge on any atom is 0.229 e. The zero-order valence-electron chi connectivity index (χ0n) is 18.4. The standard InChI is InChI=1S/C23H26ClN5O3S/c1-15-14-26-23(29-22(15)27-17-5-8-20(24)21(13-17)32-2)28-16-3-6-18(7-4-16)33(30,31)19-9-11-25-12-10-19/h3-8,13-14,19,25H,9-12H2,1-2H3,(H2,26,27,28,29). The van der Waals surface area contributed by atoms with Crippen LogP contribution < -0.4 is 20.7 Å². The molecule has 2 heterocycles. The monoisotopic (exact) mass is 487 g/mol. The predicted molar refractivity (Wildman–Crippen MR) is 131 cm³/mol. The number of sulfone groups is 1. The van der Waals surface area contributed by atoms with Gasteiger partial charge >= 0.3 is 0 Å². The van der Waals surface area contributed by atoms with Crippen molar-refractivity contribution in [2.75, 3.05) is 30.8 Å². The number of hydrogen-bond donors (Lipinski definition) is 3. The van der Waals surface area contributed by atoms with Crippen molar-refractivity contribution in [1.82, 2.24) is 15.3 Å². The van der Waals surface area contributed by atoms with E-state index in [1.54, 1.807) is 49.7 Å². The second-order valence-electron chi connectivity index (χ2n) is 7.84. The summed E-state index contributed by atoms with van der Waals surface area (Å²) in [5, 5.41) is 9.78. The van der Waals surface area contributed by atoms with Crippen molar-refractivity contribution in [2.45, 2.75) is 29.9 Å². The molecule has 10 heteroatoms. The highest BCUT2D eigenvalue weighted by atomic mass is 35.5. The molecule has 1 saturated heterocycles. The van der Waals surface area contributed by atoms with Gasteiger partial charge in [-0.2, -0.15) is 4.98 Å². The lowest BCUT2D eigenvalue weighted by molar-refractivity contribution is 0.415. The molecular weight excluding hydrogens is 462 g/mol. The van der Waals surface area contributed by atoms with Gasteiger partial charge in [0.05, 0.1) is 22.3 Å². The van der Waals surface area contributed by atoms with Gasteiger partial charge in [0.15, 0.2) is 9.84 Å². The molecule has 0 spiro atoms. The summed E-state index contributed by atoms with van der Waals surface area (Å²) in [4.78, 5) is 9.23. The van der Waals surface area contributed by atoms with Crippen LogP contribution in [0.5, 0.6) is 5.75 Å². The number of methoxy groups -OCH3 is 1. The van der Waals surface area contributed by atoms with Crippen LogP contribution in [0.4, 0.5) is 23.1 Å². The van der Waals surface area contributed by atoms with Crippen LogP contribution >= 0.6 is 11.6 Å². The molecule has 2 aromatic carbocycles. The number of rotatable bonds is 7. The number of ether oxygens (including phenoxy) is 1. The van der Waals surface area contributed by atoms with E-state index in [0.29, 0.717) is 46.0 Å². The topological polar surface area (TPSA) is 105 Å². The first kappa shape index (κ1) is 23.3. The van der Waals surface area contributed by atoms with Gasteiger partial charge in [-0.15, -0.1) is 0 Å². The first-order valence-electron chi connectivity index (χ1n) is 10.6. The number of benzene rings is 2. The lowest BCUT2D eigenvalue weighted by atomic mass is 10.2. The molecule has 0 bridgehead atoms. The fraction of sp³-hybridized carbons (Fsp3) is 0.304. The third kappa shape index (κ3) is 5.38. The molecule has 1 fully saturated rings. The normalized spacial score (nSPS) is 14.6. The quantitative estimate of drug-likeness (QED) is 0.448. The largest absolute Gasteiger partial charge is 0.495 e. The summed E-state index contributed by atoms with van der Waals surface area (Å²) >= 11 is 6.10. The Kier molecular flexibility index (Phi) is 7.02. The zero-order chi connectivity index (χ0) is 23.4. The fourth-order valence-electron chi connectivity index (χ4n) is 3.66. The number of nitrogens with one attached hydrogen (secondary N) is 3. The van der Waals surface area contributed by atoms with Crippen LogP contribution in [-0.2, 0) is 9.84 Å².